The second-order valence-electron chi connectivity index (χ2n) is 8.87. The molecule has 1 saturated carbocycles. The van der Waals surface area contributed by atoms with Gasteiger partial charge < -0.3 is 25.5 Å². The number of rotatable bonds is 17. The van der Waals surface area contributed by atoms with Gasteiger partial charge in [0, 0.05) is 0 Å². The first-order valence-corrected chi connectivity index (χ1v) is 13.6. The lowest BCUT2D eigenvalue weighted by Crippen LogP contribution is -2.64. The van der Waals surface area contributed by atoms with Gasteiger partial charge in [0.05, 0.1) is 5.75 Å². The minimum Gasteiger partial charge on any atom is -0.387 e. The van der Waals surface area contributed by atoms with Gasteiger partial charge in [-0.05, 0) is 6.42 Å². The smallest absolute Gasteiger partial charge is 0.267 e. The summed E-state index contributed by atoms with van der Waals surface area (Å²) in [6.45, 7) is 2.23. The van der Waals surface area contributed by atoms with Crippen LogP contribution in [0.1, 0.15) is 96.8 Å². The zero-order valence-electron chi connectivity index (χ0n) is 18.9. The molecule has 0 aromatic heterocycles. The second-order valence-corrected chi connectivity index (χ2v) is 10.6. The van der Waals surface area contributed by atoms with Crippen molar-refractivity contribution in [2.75, 3.05) is 5.75 Å². The van der Waals surface area contributed by atoms with Gasteiger partial charge in [-0.15, -0.1) is 0 Å². The lowest BCUT2D eigenvalue weighted by atomic mass is 9.85. The molecule has 1 fully saturated rings. The van der Waals surface area contributed by atoms with E-state index in [1.54, 1.807) is 0 Å². The summed E-state index contributed by atoms with van der Waals surface area (Å²) in [7, 11) is -4.05. The molecule has 5 N–H and O–H groups in total. The number of hydrogen-bond acceptors (Lipinski definition) is 8. The average molecular weight is 469 g/mol. The minimum absolute atomic E-state index is 0.268. The van der Waals surface area contributed by atoms with E-state index in [-0.39, 0.29) is 5.75 Å². The molecule has 6 atom stereocenters. The van der Waals surface area contributed by atoms with Gasteiger partial charge in [0.25, 0.3) is 10.1 Å². The Bertz CT molecular complexity index is 540. The lowest BCUT2D eigenvalue weighted by molar-refractivity contribution is -0.216. The average Bonchev–Trinajstić information content (AvgIpc) is 2.74. The van der Waals surface area contributed by atoms with E-state index in [2.05, 4.69) is 6.92 Å². The van der Waals surface area contributed by atoms with Crippen molar-refractivity contribution in [3.05, 3.63) is 0 Å². The molecule has 1 aliphatic rings. The monoisotopic (exact) mass is 468 g/mol. The molecule has 0 amide bonds. The van der Waals surface area contributed by atoms with E-state index in [1.165, 1.54) is 57.8 Å². The maximum atomic E-state index is 12.1. The molecule has 8 nitrogen and oxygen atoms in total. The molecular formula is C22H44O8S. The van der Waals surface area contributed by atoms with Crippen molar-refractivity contribution in [3.63, 3.8) is 0 Å². The zero-order valence-corrected chi connectivity index (χ0v) is 19.8. The van der Waals surface area contributed by atoms with Gasteiger partial charge in [-0.2, -0.15) is 8.42 Å². The van der Waals surface area contributed by atoms with Crippen LogP contribution in [0.5, 0.6) is 0 Å². The molecule has 9 heteroatoms. The van der Waals surface area contributed by atoms with E-state index in [4.69, 9.17) is 4.18 Å². The van der Waals surface area contributed by atoms with Crippen molar-refractivity contribution in [1.29, 1.82) is 0 Å². The van der Waals surface area contributed by atoms with E-state index in [1.807, 2.05) is 0 Å². The maximum absolute atomic E-state index is 12.1. The maximum Gasteiger partial charge on any atom is 0.267 e. The summed E-state index contributed by atoms with van der Waals surface area (Å²) in [6.07, 6.45) is 5.28. The Morgan fingerprint density at radius 2 is 0.871 bits per heavy atom. The lowest BCUT2D eigenvalue weighted by Gasteiger charge is -2.40. The van der Waals surface area contributed by atoms with Crippen LogP contribution in [-0.2, 0) is 14.3 Å². The van der Waals surface area contributed by atoms with Crippen molar-refractivity contribution < 1.29 is 38.1 Å². The molecule has 2 unspecified atom stereocenters. The highest BCUT2D eigenvalue weighted by atomic mass is 32.2. The van der Waals surface area contributed by atoms with Crippen LogP contribution in [0.15, 0.2) is 0 Å². The second kappa shape index (κ2) is 15.5. The summed E-state index contributed by atoms with van der Waals surface area (Å²) in [5, 5.41) is 48.6. The van der Waals surface area contributed by atoms with E-state index in [9.17, 15) is 34.0 Å². The zero-order chi connectivity index (χ0) is 23.3. The first-order chi connectivity index (χ1) is 14.7. The summed E-state index contributed by atoms with van der Waals surface area (Å²) in [5.41, 5.74) is 0. The molecule has 1 rings (SSSR count). The first-order valence-electron chi connectivity index (χ1n) is 12.0. The molecule has 0 heterocycles. The first kappa shape index (κ1) is 28.7. The Morgan fingerprint density at radius 1 is 0.548 bits per heavy atom. The van der Waals surface area contributed by atoms with Crippen LogP contribution in [0.3, 0.4) is 0 Å². The SMILES string of the molecule is CCCCCCCCCCCCCCCCS(=O)(=O)OC1[C@@H](O)[C@H](O)C(O)[C@H](O)[C@@H]1O. The number of aliphatic hydroxyl groups excluding tert-OH is 5. The van der Waals surface area contributed by atoms with Crippen molar-refractivity contribution in [2.24, 2.45) is 0 Å². The van der Waals surface area contributed by atoms with Gasteiger partial charge in [0.2, 0.25) is 0 Å². The number of hydrogen-bond donors (Lipinski definition) is 5. The van der Waals surface area contributed by atoms with E-state index < -0.39 is 46.7 Å². The summed E-state index contributed by atoms with van der Waals surface area (Å²) < 4.78 is 29.1. The highest BCUT2D eigenvalue weighted by Crippen LogP contribution is 2.25. The summed E-state index contributed by atoms with van der Waals surface area (Å²) >= 11 is 0. The predicted molar refractivity (Wildman–Crippen MR) is 119 cm³/mol. The molecule has 0 bridgehead atoms. The van der Waals surface area contributed by atoms with Crippen molar-refractivity contribution >= 4 is 10.1 Å². The van der Waals surface area contributed by atoms with Gasteiger partial charge in [-0.3, -0.25) is 4.18 Å². The van der Waals surface area contributed by atoms with Crippen molar-refractivity contribution in [2.45, 2.75) is 133 Å². The van der Waals surface area contributed by atoms with Crippen LogP contribution in [0.25, 0.3) is 0 Å². The molecule has 186 valence electrons. The van der Waals surface area contributed by atoms with Gasteiger partial charge in [-0.1, -0.05) is 90.4 Å². The van der Waals surface area contributed by atoms with Crippen LogP contribution >= 0.6 is 0 Å². The Morgan fingerprint density at radius 3 is 1.26 bits per heavy atom. The fourth-order valence-corrected chi connectivity index (χ4v) is 5.22. The van der Waals surface area contributed by atoms with E-state index >= 15 is 0 Å². The molecule has 0 spiro atoms. The van der Waals surface area contributed by atoms with Crippen LogP contribution < -0.4 is 0 Å². The molecule has 31 heavy (non-hydrogen) atoms. The fraction of sp³-hybridized carbons (Fsp3) is 1.00. The molecular weight excluding hydrogens is 424 g/mol. The number of unbranched alkanes of at least 4 members (excludes halogenated alkanes) is 13. The molecule has 0 aromatic rings. The molecule has 0 radical (unpaired) electrons. The molecule has 0 aliphatic heterocycles. The third kappa shape index (κ3) is 10.9. The third-order valence-electron chi connectivity index (χ3n) is 6.08. The topological polar surface area (TPSA) is 145 Å². The quantitative estimate of drug-likeness (QED) is 0.161. The molecule has 1 aliphatic carbocycles. The van der Waals surface area contributed by atoms with Gasteiger partial charge in [-0.25, -0.2) is 0 Å². The fourth-order valence-electron chi connectivity index (χ4n) is 4.00. The van der Waals surface area contributed by atoms with Crippen molar-refractivity contribution in [3.8, 4) is 0 Å². The Kier molecular flexibility index (Phi) is 14.4. The molecule has 0 saturated heterocycles. The highest BCUT2D eigenvalue weighted by molar-refractivity contribution is 7.86. The Labute approximate surface area is 187 Å². The minimum atomic E-state index is -4.05. The summed E-state index contributed by atoms with van der Waals surface area (Å²) in [4.78, 5) is 0. The Balaban J connectivity index is 2.10. The Hall–Kier alpha value is -0.290. The van der Waals surface area contributed by atoms with Gasteiger partial charge >= 0.3 is 0 Å². The van der Waals surface area contributed by atoms with Gasteiger partial charge in [0.15, 0.2) is 0 Å². The van der Waals surface area contributed by atoms with Crippen LogP contribution in [0.2, 0.25) is 0 Å². The van der Waals surface area contributed by atoms with Crippen LogP contribution in [0.4, 0.5) is 0 Å². The normalized spacial score (nSPS) is 29.4. The predicted octanol–water partition coefficient (Wildman–Crippen LogP) is 2.00. The van der Waals surface area contributed by atoms with Crippen molar-refractivity contribution in [1.82, 2.24) is 0 Å². The highest BCUT2D eigenvalue weighted by Gasteiger charge is 2.50. The summed E-state index contributed by atoms with van der Waals surface area (Å²) in [6, 6.07) is 0. The largest absolute Gasteiger partial charge is 0.387 e. The summed E-state index contributed by atoms with van der Waals surface area (Å²) in [5.74, 6) is -0.268. The third-order valence-corrected chi connectivity index (χ3v) is 7.38. The van der Waals surface area contributed by atoms with Crippen LogP contribution in [0, 0.1) is 0 Å². The van der Waals surface area contributed by atoms with Gasteiger partial charge in [0.1, 0.15) is 36.6 Å². The van der Waals surface area contributed by atoms with E-state index in [0.717, 1.165) is 25.7 Å². The van der Waals surface area contributed by atoms with E-state index in [0.29, 0.717) is 6.42 Å². The standard InChI is InChI=1S/C22H44O8S/c1-2-3-4-5-6-7-8-9-10-11-12-13-14-15-16-31(28,29)30-22-20(26)18(24)17(23)19(25)21(22)27/h17-27H,2-16H2,1H3/t17?,18-,19+,20-,21-,22?/m0/s1. The van der Waals surface area contributed by atoms with Crippen LogP contribution in [-0.4, -0.2) is 76.3 Å². The number of aliphatic hydroxyl groups is 5. The molecule has 0 aromatic carbocycles.